The Labute approximate surface area is 233 Å². The number of nitrogens with zero attached hydrogens (tertiary/aromatic N) is 4. The third-order valence-electron chi connectivity index (χ3n) is 7.94. The Bertz CT molecular complexity index is 1270. The first-order valence-electron chi connectivity index (χ1n) is 12.6. The first-order valence-corrected chi connectivity index (χ1v) is 13.3. The van der Waals surface area contributed by atoms with Gasteiger partial charge in [-0.15, -0.1) is 0 Å². The first-order chi connectivity index (χ1) is 18.0. The van der Waals surface area contributed by atoms with Gasteiger partial charge in [0.2, 0.25) is 0 Å². The smallest absolute Gasteiger partial charge is 0.433 e. The average molecular weight is 589 g/mol. The molecule has 1 amide bonds. The summed E-state index contributed by atoms with van der Waals surface area (Å²) >= 11 is 12.2. The summed E-state index contributed by atoms with van der Waals surface area (Å²) in [5.74, 6) is -2.58. The molecule has 0 saturated heterocycles. The molecule has 0 bridgehead atoms. The van der Waals surface area contributed by atoms with Crippen LogP contribution in [0.15, 0.2) is 18.6 Å². The molecule has 0 aliphatic heterocycles. The number of amides is 1. The van der Waals surface area contributed by atoms with E-state index in [2.05, 4.69) is 10.1 Å². The summed E-state index contributed by atoms with van der Waals surface area (Å²) in [7, 11) is 0. The predicted octanol–water partition coefficient (Wildman–Crippen LogP) is 6.32. The Morgan fingerprint density at radius 3 is 2.13 bits per heavy atom. The van der Waals surface area contributed by atoms with Gasteiger partial charge in [-0.3, -0.25) is 24.0 Å². The van der Waals surface area contributed by atoms with Crippen molar-refractivity contribution in [2.24, 2.45) is 10.8 Å². The van der Waals surface area contributed by atoms with E-state index in [-0.39, 0.29) is 46.7 Å². The lowest BCUT2D eigenvalue weighted by atomic mass is 9.67. The van der Waals surface area contributed by atoms with Gasteiger partial charge in [-0.25, -0.2) is 0 Å². The fraction of sp³-hybridized carbons (Fsp3) is 0.577. The molecular formula is C26H29Cl2F3N4O4. The molecule has 0 unspecified atom stereocenters. The molecule has 2 aromatic heterocycles. The van der Waals surface area contributed by atoms with Crippen molar-refractivity contribution < 1.29 is 32.7 Å². The van der Waals surface area contributed by atoms with Crippen LogP contribution in [0.25, 0.3) is 0 Å². The number of hydrogen-bond acceptors (Lipinski definition) is 5. The molecule has 0 spiro atoms. The molecule has 13 heteroatoms. The van der Waals surface area contributed by atoms with Crippen LogP contribution in [-0.2, 0) is 11.0 Å². The van der Waals surface area contributed by atoms with E-state index >= 15 is 0 Å². The van der Waals surface area contributed by atoms with Crippen LogP contribution in [0.5, 0.6) is 0 Å². The molecule has 4 rings (SSSR count). The number of aliphatic carboxylic acids is 1. The summed E-state index contributed by atoms with van der Waals surface area (Å²) in [6.07, 6.45) is 0.113. The van der Waals surface area contributed by atoms with Crippen molar-refractivity contribution in [3.8, 4) is 0 Å². The summed E-state index contributed by atoms with van der Waals surface area (Å²) in [5.41, 5.74) is -3.08. The number of Topliss-reactive ketones (excluding diaryl/α,β-unsaturated/α-hetero) is 1. The molecule has 2 aliphatic carbocycles. The molecule has 1 N–H and O–H groups in total. The molecule has 2 aliphatic rings. The zero-order valence-corrected chi connectivity index (χ0v) is 23.2. The van der Waals surface area contributed by atoms with Crippen LogP contribution in [0, 0.1) is 10.8 Å². The van der Waals surface area contributed by atoms with Gasteiger partial charge in [0.15, 0.2) is 11.5 Å². The molecule has 0 radical (unpaired) electrons. The summed E-state index contributed by atoms with van der Waals surface area (Å²) in [4.78, 5) is 43.5. The first kappa shape index (κ1) is 29.3. The van der Waals surface area contributed by atoms with Gasteiger partial charge in [-0.1, -0.05) is 37.0 Å². The van der Waals surface area contributed by atoms with Gasteiger partial charge in [0.05, 0.1) is 45.4 Å². The molecule has 2 saturated carbocycles. The Morgan fingerprint density at radius 2 is 1.64 bits per heavy atom. The van der Waals surface area contributed by atoms with Crippen LogP contribution in [0.1, 0.15) is 91.7 Å². The number of aromatic nitrogens is 3. The second kappa shape index (κ2) is 10.4. The SMILES string of the molecule is CC1(C)CC(N(CC(=O)c2c(Cl)cncc2Cl)C(=O)c2cnn([C@H]3CC[C@](C)(C(=O)O)CC3)c2C(F)(F)F)C1. The van der Waals surface area contributed by atoms with Crippen LogP contribution in [0.3, 0.4) is 0 Å². The largest absolute Gasteiger partial charge is 0.481 e. The van der Waals surface area contributed by atoms with E-state index in [1.54, 1.807) is 6.92 Å². The summed E-state index contributed by atoms with van der Waals surface area (Å²) in [5, 5.41) is 13.4. The van der Waals surface area contributed by atoms with Gasteiger partial charge in [0.25, 0.3) is 5.91 Å². The zero-order chi connectivity index (χ0) is 28.9. The van der Waals surface area contributed by atoms with Crippen LogP contribution >= 0.6 is 23.2 Å². The number of alkyl halides is 3. The number of carboxylic acids is 1. The third-order valence-corrected chi connectivity index (χ3v) is 8.51. The van der Waals surface area contributed by atoms with Crippen LogP contribution in [-0.4, -0.2) is 55.0 Å². The summed E-state index contributed by atoms with van der Waals surface area (Å²) in [6.45, 7) is 4.99. The lowest BCUT2D eigenvalue weighted by Crippen LogP contribution is -2.53. The number of ketones is 1. The van der Waals surface area contributed by atoms with Crippen molar-refractivity contribution in [2.75, 3.05) is 6.54 Å². The van der Waals surface area contributed by atoms with Crippen molar-refractivity contribution in [3.63, 3.8) is 0 Å². The minimum Gasteiger partial charge on any atom is -0.481 e. The average Bonchev–Trinajstić information content (AvgIpc) is 3.27. The van der Waals surface area contributed by atoms with Crippen molar-refractivity contribution >= 4 is 40.9 Å². The second-order valence-electron chi connectivity index (χ2n) is 11.5. The summed E-state index contributed by atoms with van der Waals surface area (Å²) < 4.78 is 44.1. The van der Waals surface area contributed by atoms with Gasteiger partial charge in [-0.2, -0.15) is 18.3 Å². The number of rotatable bonds is 7. The highest BCUT2D eigenvalue weighted by molar-refractivity contribution is 6.39. The van der Waals surface area contributed by atoms with Gasteiger partial charge in [-0.05, 0) is 50.9 Å². The fourth-order valence-corrected chi connectivity index (χ4v) is 6.22. The predicted molar refractivity (Wildman–Crippen MR) is 137 cm³/mol. The highest BCUT2D eigenvalue weighted by Crippen LogP contribution is 2.46. The zero-order valence-electron chi connectivity index (χ0n) is 21.7. The van der Waals surface area contributed by atoms with Crippen LogP contribution in [0.2, 0.25) is 10.0 Å². The molecule has 2 aromatic rings. The molecule has 39 heavy (non-hydrogen) atoms. The maximum absolute atomic E-state index is 14.4. The van der Waals surface area contributed by atoms with E-state index in [1.807, 2.05) is 13.8 Å². The number of carbonyl (C=O) groups excluding carboxylic acids is 2. The highest BCUT2D eigenvalue weighted by Gasteiger charge is 2.47. The van der Waals surface area contributed by atoms with Gasteiger partial charge >= 0.3 is 12.1 Å². The molecule has 2 fully saturated rings. The quantitative estimate of drug-likeness (QED) is 0.379. The number of halogens is 5. The highest BCUT2D eigenvalue weighted by atomic mass is 35.5. The van der Waals surface area contributed by atoms with E-state index < -0.39 is 59.1 Å². The van der Waals surface area contributed by atoms with E-state index in [9.17, 15) is 32.7 Å². The number of hydrogen-bond donors (Lipinski definition) is 1. The third kappa shape index (κ3) is 5.79. The molecule has 8 nitrogen and oxygen atoms in total. The van der Waals surface area contributed by atoms with E-state index in [0.717, 1.165) is 15.8 Å². The van der Waals surface area contributed by atoms with E-state index in [1.165, 1.54) is 12.4 Å². The molecule has 0 atom stereocenters. The second-order valence-corrected chi connectivity index (χ2v) is 12.3. The maximum Gasteiger partial charge on any atom is 0.433 e. The van der Waals surface area contributed by atoms with Gasteiger partial charge in [0, 0.05) is 18.4 Å². The minimum atomic E-state index is -4.92. The Balaban J connectivity index is 1.68. The lowest BCUT2D eigenvalue weighted by molar-refractivity contribution is -0.152. The normalized spacial score (nSPS) is 23.2. The number of pyridine rings is 1. The van der Waals surface area contributed by atoms with Crippen molar-refractivity contribution in [1.82, 2.24) is 19.7 Å². The minimum absolute atomic E-state index is 0.0247. The lowest BCUT2D eigenvalue weighted by Gasteiger charge is -2.48. The van der Waals surface area contributed by atoms with Crippen LogP contribution in [0.4, 0.5) is 13.2 Å². The standard InChI is InChI=1S/C26H29Cl2F3N4O4/c1-24(2)8-15(9-24)34(13-19(36)20-17(27)11-32-12-18(20)28)22(37)16-10-33-35(21(16)26(29,30)31)14-4-6-25(3,7-5-14)23(38)39/h10-12,14-15H,4-9,13H2,1-3H3,(H,38,39)/t14-,25-. The number of carbonyl (C=O) groups is 3. The van der Waals surface area contributed by atoms with E-state index in [0.29, 0.717) is 12.8 Å². The van der Waals surface area contributed by atoms with E-state index in [4.69, 9.17) is 23.2 Å². The molecule has 212 valence electrons. The molecule has 0 aromatic carbocycles. The summed E-state index contributed by atoms with van der Waals surface area (Å²) in [6, 6.07) is -1.19. The van der Waals surface area contributed by atoms with Crippen molar-refractivity contribution in [3.05, 3.63) is 45.5 Å². The van der Waals surface area contributed by atoms with Crippen molar-refractivity contribution in [2.45, 2.75) is 77.6 Å². The van der Waals surface area contributed by atoms with Gasteiger partial charge < -0.3 is 10.0 Å². The number of carboxylic acid groups (broad SMARTS) is 1. The monoisotopic (exact) mass is 588 g/mol. The van der Waals surface area contributed by atoms with Gasteiger partial charge in [0.1, 0.15) is 0 Å². The Hall–Kier alpha value is -2.66. The Kier molecular flexibility index (Phi) is 7.81. The Morgan fingerprint density at radius 1 is 1.08 bits per heavy atom. The molecule has 2 heterocycles. The maximum atomic E-state index is 14.4. The fourth-order valence-electron chi connectivity index (χ4n) is 5.65. The molecular weight excluding hydrogens is 560 g/mol. The van der Waals surface area contributed by atoms with Crippen molar-refractivity contribution in [1.29, 1.82) is 0 Å². The topological polar surface area (TPSA) is 105 Å². The van der Waals surface area contributed by atoms with Crippen LogP contribution < -0.4 is 0 Å².